The number of benzene rings is 1. The highest BCUT2D eigenvalue weighted by Crippen LogP contribution is 2.05. The molecule has 0 spiro atoms. The van der Waals surface area contributed by atoms with Crippen molar-refractivity contribution in [3.05, 3.63) is 48.2 Å². The molecule has 64 valence electrons. The van der Waals surface area contributed by atoms with Gasteiger partial charge < -0.3 is 5.11 Å². The summed E-state index contributed by atoms with van der Waals surface area (Å²) in [6, 6.07) is 10.2. The summed E-state index contributed by atoms with van der Waals surface area (Å²) in [5.74, 6) is 0.0333. The van der Waals surface area contributed by atoms with Gasteiger partial charge in [-0.3, -0.25) is 0 Å². The molecule has 0 unspecified atom stereocenters. The molecule has 0 N–H and O–H groups in total. The van der Waals surface area contributed by atoms with Gasteiger partial charge in [0.1, 0.15) is 0 Å². The molecule has 12 heavy (non-hydrogen) atoms. The zero-order chi connectivity index (χ0) is 8.81. The van der Waals surface area contributed by atoms with Gasteiger partial charge in [0.05, 0.1) is 0 Å². The molecule has 0 amide bonds. The lowest BCUT2D eigenvalue weighted by Gasteiger charge is -2.07. The summed E-state index contributed by atoms with van der Waals surface area (Å²) >= 11 is 0. The van der Waals surface area contributed by atoms with Crippen LogP contribution in [-0.4, -0.2) is 0 Å². The van der Waals surface area contributed by atoms with Gasteiger partial charge >= 0.3 is 0 Å². The minimum atomic E-state index is 0.0333. The average Bonchev–Trinajstić information content (AvgIpc) is 2.05. The molecule has 0 aliphatic rings. The standard InChI is InChI=1S/C11H14O/c1-10(12)6-5-9-11-7-3-2-4-8-11/h2-4,7-8,12H,1,5-6,9H2/p-1. The van der Waals surface area contributed by atoms with Gasteiger partial charge in [-0.05, 0) is 24.8 Å². The SMILES string of the molecule is C=C([O-])CCCc1ccccc1. The van der Waals surface area contributed by atoms with Crippen LogP contribution in [0.25, 0.3) is 0 Å². The Morgan fingerprint density at radius 2 is 1.92 bits per heavy atom. The molecule has 0 aliphatic carbocycles. The Kier molecular flexibility index (Phi) is 3.39. The van der Waals surface area contributed by atoms with E-state index in [1.165, 1.54) is 5.56 Å². The lowest BCUT2D eigenvalue weighted by Crippen LogP contribution is -2.01. The highest BCUT2D eigenvalue weighted by Gasteiger charge is 1.89. The van der Waals surface area contributed by atoms with Crippen LogP contribution in [-0.2, 0) is 6.42 Å². The molecule has 1 aromatic rings. The maximum atomic E-state index is 10.5. The second-order valence-corrected chi connectivity index (χ2v) is 2.88. The molecule has 0 fully saturated rings. The first-order chi connectivity index (χ1) is 5.79. The highest BCUT2D eigenvalue weighted by atomic mass is 16.3. The monoisotopic (exact) mass is 161 g/mol. The molecule has 0 bridgehead atoms. The maximum Gasteiger partial charge on any atom is -0.0276 e. The van der Waals surface area contributed by atoms with Gasteiger partial charge in [0, 0.05) is 0 Å². The molecule has 0 radical (unpaired) electrons. The van der Waals surface area contributed by atoms with Crippen LogP contribution in [0.2, 0.25) is 0 Å². The normalized spacial score (nSPS) is 9.67. The predicted molar refractivity (Wildman–Crippen MR) is 48.5 cm³/mol. The molecule has 0 atom stereocenters. The van der Waals surface area contributed by atoms with Gasteiger partial charge in [-0.25, -0.2) is 0 Å². The lowest BCUT2D eigenvalue weighted by molar-refractivity contribution is -0.306. The van der Waals surface area contributed by atoms with E-state index >= 15 is 0 Å². The molecule has 0 saturated heterocycles. The zero-order valence-electron chi connectivity index (χ0n) is 7.12. The second kappa shape index (κ2) is 4.60. The summed E-state index contributed by atoms with van der Waals surface area (Å²) in [7, 11) is 0. The summed E-state index contributed by atoms with van der Waals surface area (Å²) < 4.78 is 0. The summed E-state index contributed by atoms with van der Waals surface area (Å²) in [5.41, 5.74) is 1.29. The van der Waals surface area contributed by atoms with Crippen LogP contribution in [0.15, 0.2) is 42.7 Å². The Balaban J connectivity index is 2.29. The smallest absolute Gasteiger partial charge is 0.0276 e. The van der Waals surface area contributed by atoms with E-state index < -0.39 is 0 Å². The fourth-order valence-corrected chi connectivity index (χ4v) is 1.13. The van der Waals surface area contributed by atoms with Crippen molar-refractivity contribution in [2.24, 2.45) is 0 Å². The summed E-state index contributed by atoms with van der Waals surface area (Å²) in [4.78, 5) is 0. The van der Waals surface area contributed by atoms with Crippen molar-refractivity contribution in [2.45, 2.75) is 19.3 Å². The van der Waals surface area contributed by atoms with Crippen molar-refractivity contribution in [1.29, 1.82) is 0 Å². The number of allylic oxidation sites excluding steroid dienone is 1. The third-order valence-electron chi connectivity index (χ3n) is 1.76. The summed E-state index contributed by atoms with van der Waals surface area (Å²) in [6.07, 6.45) is 2.48. The number of aryl methyl sites for hydroxylation is 1. The molecule has 0 heterocycles. The topological polar surface area (TPSA) is 23.1 Å². The van der Waals surface area contributed by atoms with Gasteiger partial charge in [0.15, 0.2) is 0 Å². The molecule has 1 rings (SSSR count). The largest absolute Gasteiger partial charge is 0.876 e. The molecular formula is C11H13O-. The van der Waals surface area contributed by atoms with Crippen LogP contribution in [0.3, 0.4) is 0 Å². The molecule has 1 nitrogen and oxygen atoms in total. The van der Waals surface area contributed by atoms with Crippen LogP contribution in [0.4, 0.5) is 0 Å². The fourth-order valence-electron chi connectivity index (χ4n) is 1.13. The van der Waals surface area contributed by atoms with Crippen LogP contribution in [0, 0.1) is 0 Å². The Hall–Kier alpha value is -1.24. The third kappa shape index (κ3) is 3.24. The zero-order valence-corrected chi connectivity index (χ0v) is 7.12. The molecule has 1 heteroatoms. The van der Waals surface area contributed by atoms with Crippen LogP contribution in [0.5, 0.6) is 0 Å². The van der Waals surface area contributed by atoms with E-state index in [9.17, 15) is 5.11 Å². The van der Waals surface area contributed by atoms with E-state index in [1.54, 1.807) is 0 Å². The minimum absolute atomic E-state index is 0.0333. The van der Waals surface area contributed by atoms with Gasteiger partial charge in [-0.15, -0.1) is 12.3 Å². The molecule has 0 aromatic heterocycles. The first-order valence-corrected chi connectivity index (χ1v) is 4.18. The Bertz CT molecular complexity index is 238. The van der Waals surface area contributed by atoms with Gasteiger partial charge in [-0.1, -0.05) is 30.3 Å². The molecule has 0 aliphatic heterocycles. The predicted octanol–water partition coefficient (Wildman–Crippen LogP) is 1.88. The Morgan fingerprint density at radius 1 is 1.25 bits per heavy atom. The average molecular weight is 161 g/mol. The van der Waals surface area contributed by atoms with Crippen molar-refractivity contribution in [1.82, 2.24) is 0 Å². The lowest BCUT2D eigenvalue weighted by atomic mass is 10.1. The maximum absolute atomic E-state index is 10.5. The summed E-state index contributed by atoms with van der Waals surface area (Å²) in [6.45, 7) is 3.33. The van der Waals surface area contributed by atoms with E-state index in [1.807, 2.05) is 18.2 Å². The highest BCUT2D eigenvalue weighted by molar-refractivity contribution is 5.14. The van der Waals surface area contributed by atoms with Gasteiger partial charge in [0.25, 0.3) is 0 Å². The van der Waals surface area contributed by atoms with Gasteiger partial charge in [0.2, 0.25) is 0 Å². The quantitative estimate of drug-likeness (QED) is 0.618. The minimum Gasteiger partial charge on any atom is -0.876 e. The van der Waals surface area contributed by atoms with E-state index in [0.717, 1.165) is 12.8 Å². The van der Waals surface area contributed by atoms with E-state index in [-0.39, 0.29) is 5.76 Å². The van der Waals surface area contributed by atoms with E-state index in [2.05, 4.69) is 18.7 Å². The first-order valence-electron chi connectivity index (χ1n) is 4.18. The fraction of sp³-hybridized carbons (Fsp3) is 0.273. The first kappa shape index (κ1) is 8.85. The van der Waals surface area contributed by atoms with Crippen LogP contribution < -0.4 is 5.11 Å². The van der Waals surface area contributed by atoms with Crippen molar-refractivity contribution in [2.75, 3.05) is 0 Å². The Morgan fingerprint density at radius 3 is 2.50 bits per heavy atom. The Labute approximate surface area is 73.4 Å². The van der Waals surface area contributed by atoms with Crippen molar-refractivity contribution in [3.8, 4) is 0 Å². The summed E-state index contributed by atoms with van der Waals surface area (Å²) in [5, 5.41) is 10.5. The van der Waals surface area contributed by atoms with Crippen molar-refractivity contribution in [3.63, 3.8) is 0 Å². The number of rotatable bonds is 4. The third-order valence-corrected chi connectivity index (χ3v) is 1.76. The molecule has 0 saturated carbocycles. The number of hydrogen-bond donors (Lipinski definition) is 0. The second-order valence-electron chi connectivity index (χ2n) is 2.88. The van der Waals surface area contributed by atoms with Gasteiger partial charge in [-0.2, -0.15) is 0 Å². The van der Waals surface area contributed by atoms with Crippen molar-refractivity contribution >= 4 is 0 Å². The van der Waals surface area contributed by atoms with Crippen LogP contribution >= 0.6 is 0 Å². The van der Waals surface area contributed by atoms with Crippen molar-refractivity contribution < 1.29 is 5.11 Å². The van der Waals surface area contributed by atoms with E-state index in [4.69, 9.17) is 0 Å². The van der Waals surface area contributed by atoms with Crippen LogP contribution in [0.1, 0.15) is 18.4 Å². The number of hydrogen-bond acceptors (Lipinski definition) is 1. The van der Waals surface area contributed by atoms with E-state index in [0.29, 0.717) is 6.42 Å². The molecule has 1 aromatic carbocycles. The molecular weight excluding hydrogens is 148 g/mol.